The maximum atomic E-state index is 12.3. The van der Waals surface area contributed by atoms with E-state index in [0.717, 1.165) is 24.3 Å². The van der Waals surface area contributed by atoms with Crippen molar-refractivity contribution in [2.45, 2.75) is 58.9 Å². The minimum Gasteiger partial charge on any atom is -0.497 e. The Kier molecular flexibility index (Phi) is 8.89. The van der Waals surface area contributed by atoms with Crippen LogP contribution < -0.4 is 10.1 Å². The summed E-state index contributed by atoms with van der Waals surface area (Å²) in [5.41, 5.74) is 1.21. The first kappa shape index (κ1) is 23.1. The number of carboxylic acid groups (broad SMARTS) is 2. The van der Waals surface area contributed by atoms with Crippen LogP contribution in [0.4, 0.5) is 4.79 Å². The number of ether oxygens (including phenoxy) is 1. The molecule has 0 radical (unpaired) electrons. The molecule has 6 nitrogen and oxygen atoms in total. The number of halogens is 1. The summed E-state index contributed by atoms with van der Waals surface area (Å²) in [6, 6.07) is 5.75. The molecule has 152 valence electrons. The van der Waals surface area contributed by atoms with E-state index in [-0.39, 0.29) is 5.91 Å². The van der Waals surface area contributed by atoms with Crippen LogP contribution in [0.2, 0.25) is 5.02 Å². The molecule has 0 bridgehead atoms. The Balaban J connectivity index is 0.000000828. The van der Waals surface area contributed by atoms with E-state index >= 15 is 0 Å². The van der Waals surface area contributed by atoms with Gasteiger partial charge in [-0.05, 0) is 54.7 Å². The first-order valence-corrected chi connectivity index (χ1v) is 9.44. The first-order chi connectivity index (χ1) is 12.5. The SMILES string of the molecule is COc1ccc(CC(=O)NC2CCC(C(C)(C)C)CC2)c(Cl)c1.O=C(O)O. The van der Waals surface area contributed by atoms with Crippen molar-refractivity contribution in [1.29, 1.82) is 0 Å². The molecule has 3 N–H and O–H groups in total. The lowest BCUT2D eigenvalue weighted by Gasteiger charge is -2.37. The maximum absolute atomic E-state index is 12.3. The predicted octanol–water partition coefficient (Wildman–Crippen LogP) is 4.83. The van der Waals surface area contributed by atoms with Crippen molar-refractivity contribution in [2.75, 3.05) is 7.11 Å². The Labute approximate surface area is 165 Å². The number of methoxy groups -OCH3 is 1. The molecule has 1 aromatic carbocycles. The topological polar surface area (TPSA) is 95.9 Å². The quantitative estimate of drug-likeness (QED) is 0.673. The zero-order valence-corrected chi connectivity index (χ0v) is 17.2. The predicted molar refractivity (Wildman–Crippen MR) is 106 cm³/mol. The van der Waals surface area contributed by atoms with Gasteiger partial charge in [0.05, 0.1) is 13.5 Å². The van der Waals surface area contributed by atoms with Crippen LogP contribution >= 0.6 is 11.6 Å². The van der Waals surface area contributed by atoms with E-state index in [1.54, 1.807) is 13.2 Å². The second-order valence-corrected chi connectivity index (χ2v) is 8.31. The highest BCUT2D eigenvalue weighted by atomic mass is 35.5. The number of amides is 1. The van der Waals surface area contributed by atoms with Gasteiger partial charge in [-0.2, -0.15) is 0 Å². The van der Waals surface area contributed by atoms with Gasteiger partial charge in [-0.15, -0.1) is 0 Å². The molecular weight excluding hydrogens is 370 g/mol. The van der Waals surface area contributed by atoms with Gasteiger partial charge >= 0.3 is 6.16 Å². The summed E-state index contributed by atoms with van der Waals surface area (Å²) in [6.07, 6.45) is 3.02. The molecule has 1 fully saturated rings. The van der Waals surface area contributed by atoms with E-state index in [9.17, 15) is 4.79 Å². The minimum atomic E-state index is -1.83. The largest absolute Gasteiger partial charge is 0.503 e. The molecule has 0 atom stereocenters. The highest BCUT2D eigenvalue weighted by Crippen LogP contribution is 2.37. The molecule has 0 aliphatic heterocycles. The molecule has 1 saturated carbocycles. The number of rotatable bonds is 4. The minimum absolute atomic E-state index is 0.0521. The summed E-state index contributed by atoms with van der Waals surface area (Å²) < 4.78 is 5.13. The number of carbonyl (C=O) groups excluding carboxylic acids is 1. The number of hydrogen-bond donors (Lipinski definition) is 3. The van der Waals surface area contributed by atoms with Crippen molar-refractivity contribution in [1.82, 2.24) is 5.32 Å². The van der Waals surface area contributed by atoms with Crippen molar-refractivity contribution in [3.05, 3.63) is 28.8 Å². The second kappa shape index (κ2) is 10.4. The molecule has 1 aromatic rings. The molecule has 1 aliphatic carbocycles. The number of carbonyl (C=O) groups is 2. The van der Waals surface area contributed by atoms with Gasteiger partial charge in [0, 0.05) is 11.1 Å². The lowest BCUT2D eigenvalue weighted by atomic mass is 9.71. The van der Waals surface area contributed by atoms with E-state index in [0.29, 0.717) is 28.6 Å². The Morgan fingerprint density at radius 1 is 1.19 bits per heavy atom. The third kappa shape index (κ3) is 8.52. The summed E-state index contributed by atoms with van der Waals surface area (Å²) >= 11 is 6.20. The van der Waals surface area contributed by atoms with E-state index < -0.39 is 6.16 Å². The van der Waals surface area contributed by atoms with Crippen molar-refractivity contribution >= 4 is 23.7 Å². The van der Waals surface area contributed by atoms with Crippen LogP contribution in [0.1, 0.15) is 52.0 Å². The van der Waals surface area contributed by atoms with Crippen LogP contribution in [0.15, 0.2) is 18.2 Å². The maximum Gasteiger partial charge on any atom is 0.503 e. The summed E-state index contributed by atoms with van der Waals surface area (Å²) in [7, 11) is 1.60. The van der Waals surface area contributed by atoms with Gasteiger partial charge in [-0.25, -0.2) is 4.79 Å². The molecular formula is C20H30ClNO5. The fraction of sp³-hybridized carbons (Fsp3) is 0.600. The molecule has 27 heavy (non-hydrogen) atoms. The van der Waals surface area contributed by atoms with Crippen LogP contribution in [0, 0.1) is 11.3 Å². The van der Waals surface area contributed by atoms with Gasteiger partial charge in [0.2, 0.25) is 5.91 Å². The highest BCUT2D eigenvalue weighted by molar-refractivity contribution is 6.31. The molecule has 0 heterocycles. The molecule has 2 rings (SSSR count). The Morgan fingerprint density at radius 2 is 1.74 bits per heavy atom. The van der Waals surface area contributed by atoms with E-state index in [2.05, 4.69) is 26.1 Å². The molecule has 1 amide bonds. The van der Waals surface area contributed by atoms with Crippen LogP contribution in [-0.2, 0) is 11.2 Å². The summed E-state index contributed by atoms with van der Waals surface area (Å²) in [5.74, 6) is 1.52. The van der Waals surface area contributed by atoms with Gasteiger partial charge in [0.15, 0.2) is 0 Å². The van der Waals surface area contributed by atoms with E-state index in [1.807, 2.05) is 12.1 Å². The Morgan fingerprint density at radius 3 is 2.19 bits per heavy atom. The third-order valence-electron chi connectivity index (χ3n) is 4.93. The van der Waals surface area contributed by atoms with E-state index in [4.69, 9.17) is 31.3 Å². The molecule has 1 aliphatic rings. The van der Waals surface area contributed by atoms with Crippen molar-refractivity contribution < 1.29 is 24.5 Å². The number of nitrogens with one attached hydrogen (secondary N) is 1. The summed E-state index contributed by atoms with van der Waals surface area (Å²) in [5, 5.41) is 17.7. The van der Waals surface area contributed by atoms with Crippen LogP contribution in [-0.4, -0.2) is 35.4 Å². The molecule has 0 saturated heterocycles. The molecule has 0 unspecified atom stereocenters. The summed E-state index contributed by atoms with van der Waals surface area (Å²) in [6.45, 7) is 6.92. The first-order valence-electron chi connectivity index (χ1n) is 9.06. The van der Waals surface area contributed by atoms with Crippen LogP contribution in [0.3, 0.4) is 0 Å². The van der Waals surface area contributed by atoms with Gasteiger partial charge in [0.1, 0.15) is 5.75 Å². The standard InChI is InChI=1S/C19H28ClNO2.CH2O3/c1-19(2,3)14-6-8-15(9-7-14)21-18(22)11-13-5-10-16(23-4)12-17(13)20;2-1(3)4/h5,10,12,14-15H,6-9,11H2,1-4H3,(H,21,22);(H2,2,3,4). The normalized spacial score (nSPS) is 19.4. The van der Waals surface area contributed by atoms with Crippen molar-refractivity contribution in [3.63, 3.8) is 0 Å². The van der Waals surface area contributed by atoms with Crippen molar-refractivity contribution in [3.8, 4) is 5.75 Å². The van der Waals surface area contributed by atoms with Crippen LogP contribution in [0.25, 0.3) is 0 Å². The summed E-state index contributed by atoms with van der Waals surface area (Å²) in [4.78, 5) is 20.8. The van der Waals surface area contributed by atoms with E-state index in [1.165, 1.54) is 12.8 Å². The smallest absolute Gasteiger partial charge is 0.497 e. The second-order valence-electron chi connectivity index (χ2n) is 7.90. The average Bonchev–Trinajstić information content (AvgIpc) is 2.56. The fourth-order valence-corrected chi connectivity index (χ4v) is 3.59. The Hall–Kier alpha value is -1.95. The lowest BCUT2D eigenvalue weighted by molar-refractivity contribution is -0.121. The number of hydrogen-bond acceptors (Lipinski definition) is 3. The Bertz CT molecular complexity index is 630. The molecule has 7 heteroatoms. The third-order valence-corrected chi connectivity index (χ3v) is 5.28. The molecule has 0 spiro atoms. The zero-order valence-electron chi connectivity index (χ0n) is 16.4. The van der Waals surface area contributed by atoms with Gasteiger partial charge in [-0.3, -0.25) is 4.79 Å². The number of benzene rings is 1. The van der Waals surface area contributed by atoms with Gasteiger partial charge < -0.3 is 20.3 Å². The zero-order chi connectivity index (χ0) is 20.6. The fourth-order valence-electron chi connectivity index (χ4n) is 3.35. The molecule has 0 aromatic heterocycles. The van der Waals surface area contributed by atoms with Crippen LogP contribution in [0.5, 0.6) is 5.75 Å². The lowest BCUT2D eigenvalue weighted by Crippen LogP contribution is -2.40. The monoisotopic (exact) mass is 399 g/mol. The van der Waals surface area contributed by atoms with Gasteiger partial charge in [0.25, 0.3) is 0 Å². The average molecular weight is 400 g/mol. The highest BCUT2D eigenvalue weighted by Gasteiger charge is 2.30. The van der Waals surface area contributed by atoms with Crippen molar-refractivity contribution in [2.24, 2.45) is 11.3 Å². The van der Waals surface area contributed by atoms with Gasteiger partial charge in [-0.1, -0.05) is 38.4 Å².